The van der Waals surface area contributed by atoms with Crippen molar-refractivity contribution in [3.8, 4) is 0 Å². The number of carbonyl (C=O) groups is 2. The van der Waals surface area contributed by atoms with Crippen molar-refractivity contribution in [1.29, 1.82) is 0 Å². The number of carbonyl (C=O) groups excluding carboxylic acids is 2. The van der Waals surface area contributed by atoms with Crippen LogP contribution >= 0.6 is 0 Å². The Kier molecular flexibility index (Phi) is 2.41. The molecule has 0 saturated carbocycles. The van der Waals surface area contributed by atoms with Gasteiger partial charge in [-0.3, -0.25) is 9.69 Å². The second-order valence-electron chi connectivity index (χ2n) is 3.83. The standard InChI is InChI=1S/C9H14N2O3/c1-6-5-14-3-2-7(6)11-8(12)4-10-9(11)13/h6-7H,2-5H2,1H3,(H,10,13). The predicted molar refractivity (Wildman–Crippen MR) is 48.6 cm³/mol. The largest absolute Gasteiger partial charge is 0.381 e. The Bertz CT molecular complexity index is 251. The van der Waals surface area contributed by atoms with Crippen LogP contribution in [0.3, 0.4) is 0 Å². The van der Waals surface area contributed by atoms with Crippen LogP contribution in [0.1, 0.15) is 13.3 Å². The van der Waals surface area contributed by atoms with Crippen molar-refractivity contribution >= 4 is 11.9 Å². The third kappa shape index (κ3) is 1.48. The number of ether oxygens (including phenoxy) is 1. The molecule has 0 spiro atoms. The normalized spacial score (nSPS) is 33.4. The smallest absolute Gasteiger partial charge is 0.324 e. The quantitative estimate of drug-likeness (QED) is 0.601. The molecule has 14 heavy (non-hydrogen) atoms. The van der Waals surface area contributed by atoms with Crippen molar-refractivity contribution in [1.82, 2.24) is 10.2 Å². The second kappa shape index (κ2) is 3.57. The number of rotatable bonds is 1. The summed E-state index contributed by atoms with van der Waals surface area (Å²) in [6.45, 7) is 3.40. The molecule has 5 nitrogen and oxygen atoms in total. The summed E-state index contributed by atoms with van der Waals surface area (Å²) in [5, 5.41) is 2.53. The van der Waals surface area contributed by atoms with E-state index in [4.69, 9.17) is 4.74 Å². The SMILES string of the molecule is CC1COCCC1N1C(=O)CNC1=O. The molecule has 0 aromatic heterocycles. The molecule has 78 valence electrons. The molecule has 2 atom stereocenters. The van der Waals surface area contributed by atoms with E-state index < -0.39 is 0 Å². The van der Waals surface area contributed by atoms with E-state index in [0.717, 1.165) is 6.42 Å². The van der Waals surface area contributed by atoms with Gasteiger partial charge in [0.1, 0.15) is 0 Å². The van der Waals surface area contributed by atoms with E-state index in [1.165, 1.54) is 4.90 Å². The molecule has 3 amide bonds. The van der Waals surface area contributed by atoms with E-state index >= 15 is 0 Å². The zero-order chi connectivity index (χ0) is 10.1. The summed E-state index contributed by atoms with van der Waals surface area (Å²) in [4.78, 5) is 24.2. The molecular weight excluding hydrogens is 184 g/mol. The number of nitrogens with zero attached hydrogens (tertiary/aromatic N) is 1. The average Bonchev–Trinajstić information content (AvgIpc) is 2.48. The first-order chi connectivity index (χ1) is 6.70. The zero-order valence-corrected chi connectivity index (χ0v) is 8.16. The van der Waals surface area contributed by atoms with E-state index in [1.54, 1.807) is 0 Å². The molecular formula is C9H14N2O3. The van der Waals surface area contributed by atoms with Crippen LogP contribution in [0.4, 0.5) is 4.79 Å². The van der Waals surface area contributed by atoms with E-state index in [-0.39, 0.29) is 30.4 Å². The highest BCUT2D eigenvalue weighted by Gasteiger charge is 2.38. The third-order valence-corrected chi connectivity index (χ3v) is 2.81. The van der Waals surface area contributed by atoms with E-state index in [0.29, 0.717) is 13.2 Å². The molecule has 1 N–H and O–H groups in total. The molecule has 2 aliphatic heterocycles. The molecule has 0 aromatic rings. The van der Waals surface area contributed by atoms with Crippen molar-refractivity contribution in [2.24, 2.45) is 5.92 Å². The molecule has 0 aromatic carbocycles. The van der Waals surface area contributed by atoms with Crippen molar-refractivity contribution < 1.29 is 14.3 Å². The van der Waals surface area contributed by atoms with Gasteiger partial charge in [0.2, 0.25) is 5.91 Å². The Labute approximate surface area is 82.4 Å². The maximum absolute atomic E-state index is 11.4. The molecule has 0 bridgehead atoms. The Balaban J connectivity index is 2.12. The highest BCUT2D eigenvalue weighted by Crippen LogP contribution is 2.21. The van der Waals surface area contributed by atoms with Gasteiger partial charge in [0.05, 0.1) is 13.2 Å². The van der Waals surface area contributed by atoms with Crippen LogP contribution in [0.15, 0.2) is 0 Å². The van der Waals surface area contributed by atoms with Gasteiger partial charge in [-0.15, -0.1) is 0 Å². The van der Waals surface area contributed by atoms with Crippen LogP contribution in [0.25, 0.3) is 0 Å². The number of hydrogen-bond donors (Lipinski definition) is 1. The van der Waals surface area contributed by atoms with Gasteiger partial charge in [0.15, 0.2) is 0 Å². The summed E-state index contributed by atoms with van der Waals surface area (Å²) in [5.74, 6) is 0.116. The van der Waals surface area contributed by atoms with Crippen LogP contribution in [0, 0.1) is 5.92 Å². The Morgan fingerprint density at radius 2 is 2.29 bits per heavy atom. The molecule has 2 aliphatic rings. The first-order valence-electron chi connectivity index (χ1n) is 4.88. The molecule has 0 radical (unpaired) electrons. The molecule has 5 heteroatoms. The van der Waals surface area contributed by atoms with Gasteiger partial charge in [-0.2, -0.15) is 0 Å². The van der Waals surface area contributed by atoms with Gasteiger partial charge in [-0.25, -0.2) is 4.79 Å². The van der Waals surface area contributed by atoms with Crippen molar-refractivity contribution in [3.63, 3.8) is 0 Å². The van der Waals surface area contributed by atoms with E-state index in [2.05, 4.69) is 5.32 Å². The molecule has 2 saturated heterocycles. The van der Waals surface area contributed by atoms with E-state index in [9.17, 15) is 9.59 Å². The Morgan fingerprint density at radius 1 is 1.50 bits per heavy atom. The summed E-state index contributed by atoms with van der Waals surface area (Å²) in [7, 11) is 0. The summed E-state index contributed by atoms with van der Waals surface area (Å²) in [6.07, 6.45) is 0.750. The van der Waals surface area contributed by atoms with Gasteiger partial charge < -0.3 is 10.1 Å². The molecule has 2 fully saturated rings. The van der Waals surface area contributed by atoms with Crippen LogP contribution in [-0.2, 0) is 9.53 Å². The van der Waals surface area contributed by atoms with Gasteiger partial charge in [0.25, 0.3) is 0 Å². The molecule has 2 unspecified atom stereocenters. The summed E-state index contributed by atoms with van der Waals surface area (Å²) in [6, 6.07) is -0.243. The Morgan fingerprint density at radius 3 is 2.86 bits per heavy atom. The zero-order valence-electron chi connectivity index (χ0n) is 8.16. The minimum Gasteiger partial charge on any atom is -0.381 e. The van der Waals surface area contributed by atoms with Crippen molar-refractivity contribution in [2.75, 3.05) is 19.8 Å². The number of hydrogen-bond acceptors (Lipinski definition) is 3. The highest BCUT2D eigenvalue weighted by molar-refractivity contribution is 6.02. The van der Waals surface area contributed by atoms with Crippen LogP contribution in [0.2, 0.25) is 0 Å². The fraction of sp³-hybridized carbons (Fsp3) is 0.778. The maximum Gasteiger partial charge on any atom is 0.324 e. The average molecular weight is 198 g/mol. The monoisotopic (exact) mass is 198 g/mol. The van der Waals surface area contributed by atoms with Crippen LogP contribution in [-0.4, -0.2) is 42.6 Å². The molecule has 2 rings (SSSR count). The highest BCUT2D eigenvalue weighted by atomic mass is 16.5. The van der Waals surface area contributed by atoms with Crippen LogP contribution < -0.4 is 5.32 Å². The lowest BCUT2D eigenvalue weighted by Crippen LogP contribution is -2.48. The van der Waals surface area contributed by atoms with Crippen molar-refractivity contribution in [3.05, 3.63) is 0 Å². The van der Waals surface area contributed by atoms with Gasteiger partial charge >= 0.3 is 6.03 Å². The number of imide groups is 1. The van der Waals surface area contributed by atoms with Gasteiger partial charge in [0, 0.05) is 18.6 Å². The lowest BCUT2D eigenvalue weighted by Gasteiger charge is -2.33. The second-order valence-corrected chi connectivity index (χ2v) is 3.83. The topological polar surface area (TPSA) is 58.6 Å². The summed E-state index contributed by atoms with van der Waals surface area (Å²) < 4.78 is 5.27. The van der Waals surface area contributed by atoms with Crippen LogP contribution in [0.5, 0.6) is 0 Å². The first-order valence-corrected chi connectivity index (χ1v) is 4.88. The lowest BCUT2D eigenvalue weighted by atomic mass is 9.96. The van der Waals surface area contributed by atoms with Gasteiger partial charge in [-0.05, 0) is 6.42 Å². The first kappa shape index (κ1) is 9.45. The summed E-state index contributed by atoms with van der Waals surface area (Å²) in [5.41, 5.74) is 0. The number of amides is 3. The Hall–Kier alpha value is -1.10. The number of nitrogens with one attached hydrogen (secondary N) is 1. The third-order valence-electron chi connectivity index (χ3n) is 2.81. The fourth-order valence-electron chi connectivity index (χ4n) is 2.02. The lowest BCUT2D eigenvalue weighted by molar-refractivity contribution is -0.129. The maximum atomic E-state index is 11.4. The van der Waals surface area contributed by atoms with Gasteiger partial charge in [-0.1, -0.05) is 6.92 Å². The minimum atomic E-state index is -0.256. The molecule has 2 heterocycles. The predicted octanol–water partition coefficient (Wildman–Crippen LogP) is -0.0368. The molecule has 0 aliphatic carbocycles. The fourth-order valence-corrected chi connectivity index (χ4v) is 2.02. The number of urea groups is 1. The summed E-state index contributed by atoms with van der Waals surface area (Å²) >= 11 is 0. The minimum absolute atomic E-state index is 0.0127. The van der Waals surface area contributed by atoms with E-state index in [1.807, 2.05) is 6.92 Å². The van der Waals surface area contributed by atoms with Crippen molar-refractivity contribution in [2.45, 2.75) is 19.4 Å².